The Bertz CT molecular complexity index is 574. The lowest BCUT2D eigenvalue weighted by Crippen LogP contribution is -2.43. The van der Waals surface area contributed by atoms with Gasteiger partial charge in [-0.1, -0.05) is 12.1 Å². The fraction of sp³-hybridized carbons (Fsp3) is 0.588. The zero-order valence-electron chi connectivity index (χ0n) is 13.2. The molecule has 0 spiro atoms. The fourth-order valence-electron chi connectivity index (χ4n) is 3.50. The third-order valence-electron chi connectivity index (χ3n) is 5.08. The van der Waals surface area contributed by atoms with Gasteiger partial charge in [0.15, 0.2) is 11.6 Å². The normalized spacial score (nSPS) is 25.7. The molecular weight excluding hydrogens is 322 g/mol. The van der Waals surface area contributed by atoms with Gasteiger partial charge in [-0.05, 0) is 49.7 Å². The standard InChI is InChI=1S/C17H22F2N2O.ClH/c1-10(20)11-5-7-21(8-6-11)17(22)14-9-13(14)12-3-2-4-15(18)16(12)19;/h2-4,10-11,13-14H,5-9,20H2,1H3;1H. The summed E-state index contributed by atoms with van der Waals surface area (Å²) in [5.74, 6) is -1.46. The van der Waals surface area contributed by atoms with Gasteiger partial charge in [0.05, 0.1) is 0 Å². The summed E-state index contributed by atoms with van der Waals surface area (Å²) in [4.78, 5) is 14.4. The molecule has 2 aliphatic rings. The third kappa shape index (κ3) is 3.66. The first-order chi connectivity index (χ1) is 10.5. The van der Waals surface area contributed by atoms with Gasteiger partial charge in [0.1, 0.15) is 0 Å². The van der Waals surface area contributed by atoms with Crippen LogP contribution in [-0.2, 0) is 4.79 Å². The maximum absolute atomic E-state index is 13.8. The summed E-state index contributed by atoms with van der Waals surface area (Å²) in [6.07, 6.45) is 2.47. The molecule has 1 aliphatic heterocycles. The molecule has 0 aromatic heterocycles. The Morgan fingerprint density at radius 2 is 1.96 bits per heavy atom. The average Bonchev–Trinajstić information content (AvgIpc) is 3.30. The van der Waals surface area contributed by atoms with Gasteiger partial charge in [-0.3, -0.25) is 4.79 Å². The van der Waals surface area contributed by atoms with Crippen molar-refractivity contribution in [1.29, 1.82) is 0 Å². The molecule has 23 heavy (non-hydrogen) atoms. The highest BCUT2D eigenvalue weighted by atomic mass is 35.5. The van der Waals surface area contributed by atoms with E-state index in [4.69, 9.17) is 5.73 Å². The van der Waals surface area contributed by atoms with Gasteiger partial charge in [0.25, 0.3) is 0 Å². The summed E-state index contributed by atoms with van der Waals surface area (Å²) in [5, 5.41) is 0. The summed E-state index contributed by atoms with van der Waals surface area (Å²) in [7, 11) is 0. The Balaban J connectivity index is 0.00000192. The van der Waals surface area contributed by atoms with Gasteiger partial charge >= 0.3 is 0 Å². The van der Waals surface area contributed by atoms with Crippen molar-refractivity contribution in [3.8, 4) is 0 Å². The Morgan fingerprint density at radius 1 is 1.30 bits per heavy atom. The van der Waals surface area contributed by atoms with Crippen LogP contribution in [0.2, 0.25) is 0 Å². The predicted molar refractivity (Wildman–Crippen MR) is 87.4 cm³/mol. The van der Waals surface area contributed by atoms with Gasteiger partial charge < -0.3 is 10.6 Å². The van der Waals surface area contributed by atoms with Gasteiger partial charge in [-0.2, -0.15) is 0 Å². The zero-order chi connectivity index (χ0) is 15.9. The average molecular weight is 345 g/mol. The van der Waals surface area contributed by atoms with Crippen LogP contribution < -0.4 is 5.73 Å². The van der Waals surface area contributed by atoms with E-state index in [9.17, 15) is 13.6 Å². The third-order valence-corrected chi connectivity index (χ3v) is 5.08. The van der Waals surface area contributed by atoms with Crippen molar-refractivity contribution in [2.75, 3.05) is 13.1 Å². The molecule has 3 nitrogen and oxygen atoms in total. The number of piperidine rings is 1. The van der Waals surface area contributed by atoms with Gasteiger partial charge in [-0.25, -0.2) is 8.78 Å². The summed E-state index contributed by atoms with van der Waals surface area (Å²) < 4.78 is 27.1. The number of benzene rings is 1. The SMILES string of the molecule is CC(N)C1CCN(C(=O)C2CC2c2cccc(F)c2F)CC1.Cl. The minimum atomic E-state index is -0.839. The fourth-order valence-corrected chi connectivity index (χ4v) is 3.50. The lowest BCUT2D eigenvalue weighted by atomic mass is 9.90. The van der Waals surface area contributed by atoms with Crippen LogP contribution in [-0.4, -0.2) is 29.9 Å². The van der Waals surface area contributed by atoms with Crippen molar-refractivity contribution in [2.45, 2.75) is 38.1 Å². The number of carbonyl (C=O) groups is 1. The molecule has 2 fully saturated rings. The molecule has 1 aromatic rings. The van der Waals surface area contributed by atoms with E-state index in [1.807, 2.05) is 11.8 Å². The number of halogens is 3. The van der Waals surface area contributed by atoms with Crippen LogP contribution in [0.25, 0.3) is 0 Å². The van der Waals surface area contributed by atoms with E-state index >= 15 is 0 Å². The second kappa shape index (κ2) is 7.14. The zero-order valence-corrected chi connectivity index (χ0v) is 14.0. The topological polar surface area (TPSA) is 46.3 Å². The van der Waals surface area contributed by atoms with Crippen molar-refractivity contribution in [1.82, 2.24) is 4.90 Å². The van der Waals surface area contributed by atoms with E-state index in [1.54, 1.807) is 6.07 Å². The highest BCUT2D eigenvalue weighted by Crippen LogP contribution is 2.49. The van der Waals surface area contributed by atoms with E-state index < -0.39 is 11.6 Å². The van der Waals surface area contributed by atoms with Crippen molar-refractivity contribution >= 4 is 18.3 Å². The summed E-state index contributed by atoms with van der Waals surface area (Å²) in [6, 6.07) is 4.35. The van der Waals surface area contributed by atoms with Crippen LogP contribution in [0.15, 0.2) is 18.2 Å². The molecule has 0 bridgehead atoms. The van der Waals surface area contributed by atoms with Gasteiger partial charge in [0, 0.05) is 25.0 Å². The highest BCUT2D eigenvalue weighted by Gasteiger charge is 2.47. The van der Waals surface area contributed by atoms with E-state index in [0.29, 0.717) is 17.9 Å². The molecule has 3 atom stereocenters. The molecule has 1 aliphatic carbocycles. The number of nitrogens with zero attached hydrogens (tertiary/aromatic N) is 1. The van der Waals surface area contributed by atoms with E-state index in [-0.39, 0.29) is 36.2 Å². The highest BCUT2D eigenvalue weighted by molar-refractivity contribution is 5.85. The number of nitrogens with two attached hydrogens (primary N) is 1. The second-order valence-corrected chi connectivity index (χ2v) is 6.61. The van der Waals surface area contributed by atoms with Crippen LogP contribution in [0.3, 0.4) is 0 Å². The summed E-state index contributed by atoms with van der Waals surface area (Å²) in [5.41, 5.74) is 6.25. The molecule has 128 valence electrons. The molecule has 1 aromatic carbocycles. The number of hydrogen-bond acceptors (Lipinski definition) is 2. The minimum Gasteiger partial charge on any atom is -0.342 e. The Labute approximate surface area is 141 Å². The molecule has 1 saturated heterocycles. The van der Waals surface area contributed by atoms with Crippen LogP contribution in [0.5, 0.6) is 0 Å². The van der Waals surface area contributed by atoms with Crippen LogP contribution in [0.1, 0.15) is 37.7 Å². The van der Waals surface area contributed by atoms with Gasteiger partial charge in [-0.15, -0.1) is 12.4 Å². The van der Waals surface area contributed by atoms with E-state index in [0.717, 1.165) is 32.0 Å². The van der Waals surface area contributed by atoms with Gasteiger partial charge in [0.2, 0.25) is 5.91 Å². The molecule has 0 radical (unpaired) electrons. The molecule has 3 rings (SSSR count). The first-order valence-corrected chi connectivity index (χ1v) is 7.97. The van der Waals surface area contributed by atoms with Crippen molar-refractivity contribution in [2.24, 2.45) is 17.6 Å². The molecule has 1 heterocycles. The predicted octanol–water partition coefficient (Wildman–Crippen LogP) is 3.08. The first kappa shape index (κ1) is 18.1. The molecule has 6 heteroatoms. The van der Waals surface area contributed by atoms with Crippen LogP contribution in [0.4, 0.5) is 8.78 Å². The van der Waals surface area contributed by atoms with Crippen molar-refractivity contribution in [3.63, 3.8) is 0 Å². The molecule has 1 amide bonds. The number of amides is 1. The lowest BCUT2D eigenvalue weighted by Gasteiger charge is -2.34. The Kier molecular flexibility index (Phi) is 5.63. The Morgan fingerprint density at radius 3 is 2.57 bits per heavy atom. The molecule has 3 unspecified atom stereocenters. The van der Waals surface area contributed by atoms with Crippen LogP contribution >= 0.6 is 12.4 Å². The number of carbonyl (C=O) groups excluding carboxylic acids is 1. The second-order valence-electron chi connectivity index (χ2n) is 6.61. The molecule has 1 saturated carbocycles. The van der Waals surface area contributed by atoms with Crippen LogP contribution in [0, 0.1) is 23.5 Å². The van der Waals surface area contributed by atoms with Crippen molar-refractivity contribution < 1.29 is 13.6 Å². The lowest BCUT2D eigenvalue weighted by molar-refractivity contribution is -0.134. The Hall–Kier alpha value is -1.20. The summed E-state index contributed by atoms with van der Waals surface area (Å²) >= 11 is 0. The molecule has 2 N–H and O–H groups in total. The monoisotopic (exact) mass is 344 g/mol. The number of hydrogen-bond donors (Lipinski definition) is 1. The largest absolute Gasteiger partial charge is 0.342 e. The molecular formula is C17H23ClF2N2O. The maximum atomic E-state index is 13.8. The first-order valence-electron chi connectivity index (χ1n) is 7.97. The van der Waals surface area contributed by atoms with Crippen molar-refractivity contribution in [3.05, 3.63) is 35.4 Å². The minimum absolute atomic E-state index is 0. The smallest absolute Gasteiger partial charge is 0.226 e. The summed E-state index contributed by atoms with van der Waals surface area (Å²) in [6.45, 7) is 3.45. The quantitative estimate of drug-likeness (QED) is 0.916. The van der Waals surface area contributed by atoms with E-state index in [1.165, 1.54) is 6.07 Å². The number of rotatable bonds is 3. The van der Waals surface area contributed by atoms with E-state index in [2.05, 4.69) is 0 Å². The number of likely N-dealkylation sites (tertiary alicyclic amines) is 1. The maximum Gasteiger partial charge on any atom is 0.226 e.